The smallest absolute Gasteiger partial charge is 0.311 e. The summed E-state index contributed by atoms with van der Waals surface area (Å²) in [5.74, 6) is -3.80. The Morgan fingerprint density at radius 1 is 1.29 bits per heavy atom. The van der Waals surface area contributed by atoms with Gasteiger partial charge in [-0.15, -0.1) is 0 Å². The van der Waals surface area contributed by atoms with E-state index in [2.05, 4.69) is 0 Å². The standard InChI is InChI=1S/C10H14O4/c1-10(2)4-3-6(8(11)12)7(5-10)9(13)14/h3-4,6-7H,5H2,1-2H3,(H,11,12)(H,13,14). The van der Waals surface area contributed by atoms with Gasteiger partial charge < -0.3 is 10.2 Å². The van der Waals surface area contributed by atoms with Crippen molar-refractivity contribution in [2.45, 2.75) is 20.3 Å². The fraction of sp³-hybridized carbons (Fsp3) is 0.600. The molecule has 2 N–H and O–H groups in total. The number of rotatable bonds is 2. The van der Waals surface area contributed by atoms with Crippen LogP contribution in [0, 0.1) is 17.3 Å². The summed E-state index contributed by atoms with van der Waals surface area (Å²) in [5.41, 5.74) is -0.227. The molecule has 2 unspecified atom stereocenters. The second kappa shape index (κ2) is 3.44. The van der Waals surface area contributed by atoms with Gasteiger partial charge >= 0.3 is 11.9 Å². The Kier molecular flexibility index (Phi) is 2.64. The first kappa shape index (κ1) is 10.8. The van der Waals surface area contributed by atoms with Crippen LogP contribution in [-0.4, -0.2) is 22.2 Å². The van der Waals surface area contributed by atoms with Crippen molar-refractivity contribution in [1.29, 1.82) is 0 Å². The monoisotopic (exact) mass is 198 g/mol. The molecule has 1 rings (SSSR count). The van der Waals surface area contributed by atoms with Crippen molar-refractivity contribution in [1.82, 2.24) is 0 Å². The average Bonchev–Trinajstić information content (AvgIpc) is 2.01. The van der Waals surface area contributed by atoms with E-state index >= 15 is 0 Å². The van der Waals surface area contributed by atoms with Crippen LogP contribution in [0.5, 0.6) is 0 Å². The molecule has 0 aromatic heterocycles. The van der Waals surface area contributed by atoms with Crippen molar-refractivity contribution >= 4 is 11.9 Å². The largest absolute Gasteiger partial charge is 0.481 e. The molecule has 2 atom stereocenters. The highest BCUT2D eigenvalue weighted by Crippen LogP contribution is 2.36. The van der Waals surface area contributed by atoms with Crippen molar-refractivity contribution in [2.24, 2.45) is 17.3 Å². The summed E-state index contributed by atoms with van der Waals surface area (Å²) < 4.78 is 0. The molecule has 4 heteroatoms. The summed E-state index contributed by atoms with van der Waals surface area (Å²) in [7, 11) is 0. The summed E-state index contributed by atoms with van der Waals surface area (Å²) in [5, 5.41) is 17.7. The number of hydrogen-bond acceptors (Lipinski definition) is 2. The minimum Gasteiger partial charge on any atom is -0.481 e. The Morgan fingerprint density at radius 2 is 1.86 bits per heavy atom. The van der Waals surface area contributed by atoms with Crippen LogP contribution in [-0.2, 0) is 9.59 Å². The molecular weight excluding hydrogens is 184 g/mol. The predicted molar refractivity (Wildman–Crippen MR) is 49.8 cm³/mol. The van der Waals surface area contributed by atoms with Crippen LogP contribution in [0.3, 0.4) is 0 Å². The normalized spacial score (nSPS) is 29.9. The third kappa shape index (κ3) is 2.13. The molecule has 1 aliphatic carbocycles. The van der Waals surface area contributed by atoms with Gasteiger partial charge in [-0.05, 0) is 11.8 Å². The first-order chi connectivity index (χ1) is 6.33. The van der Waals surface area contributed by atoms with Crippen LogP contribution >= 0.6 is 0 Å². The summed E-state index contributed by atoms with van der Waals surface area (Å²) in [6.45, 7) is 3.80. The molecule has 4 nitrogen and oxygen atoms in total. The molecule has 0 bridgehead atoms. The summed E-state index contributed by atoms with van der Waals surface area (Å²) in [6.07, 6.45) is 3.64. The lowest BCUT2D eigenvalue weighted by atomic mass is 9.72. The highest BCUT2D eigenvalue weighted by atomic mass is 16.4. The van der Waals surface area contributed by atoms with E-state index in [0.29, 0.717) is 6.42 Å². The van der Waals surface area contributed by atoms with Crippen molar-refractivity contribution in [3.63, 3.8) is 0 Å². The highest BCUT2D eigenvalue weighted by Gasteiger charge is 2.38. The highest BCUT2D eigenvalue weighted by molar-refractivity contribution is 5.82. The van der Waals surface area contributed by atoms with Gasteiger partial charge in [-0.3, -0.25) is 9.59 Å². The van der Waals surface area contributed by atoms with Crippen LogP contribution in [0.15, 0.2) is 12.2 Å². The van der Waals surface area contributed by atoms with Gasteiger partial charge in [0.15, 0.2) is 0 Å². The fourth-order valence-electron chi connectivity index (χ4n) is 1.76. The number of carboxylic acid groups (broad SMARTS) is 2. The molecule has 1 aliphatic rings. The van der Waals surface area contributed by atoms with Gasteiger partial charge in [-0.25, -0.2) is 0 Å². The zero-order chi connectivity index (χ0) is 10.9. The molecule has 0 radical (unpaired) electrons. The van der Waals surface area contributed by atoms with E-state index in [1.54, 1.807) is 6.08 Å². The molecule has 0 aromatic carbocycles. The number of allylic oxidation sites excluding steroid dienone is 1. The number of carbonyl (C=O) groups is 2. The zero-order valence-corrected chi connectivity index (χ0v) is 8.23. The Bertz CT molecular complexity index is 290. The lowest BCUT2D eigenvalue weighted by Gasteiger charge is -2.31. The van der Waals surface area contributed by atoms with Crippen molar-refractivity contribution in [3.8, 4) is 0 Å². The quantitative estimate of drug-likeness (QED) is 0.657. The van der Waals surface area contributed by atoms with Crippen LogP contribution in [0.1, 0.15) is 20.3 Å². The Hall–Kier alpha value is -1.32. The number of carboxylic acids is 2. The molecule has 78 valence electrons. The van der Waals surface area contributed by atoms with Crippen molar-refractivity contribution in [2.75, 3.05) is 0 Å². The molecule has 0 amide bonds. The SMILES string of the molecule is CC1(C)C=CC(C(=O)O)C(C(=O)O)C1. The predicted octanol–water partition coefficient (Wildman–Crippen LogP) is 1.37. The van der Waals surface area contributed by atoms with Gasteiger partial charge in [0.2, 0.25) is 0 Å². The summed E-state index contributed by atoms with van der Waals surface area (Å²) in [6, 6.07) is 0. The zero-order valence-electron chi connectivity index (χ0n) is 8.23. The van der Waals surface area contributed by atoms with E-state index in [-0.39, 0.29) is 5.41 Å². The lowest BCUT2D eigenvalue weighted by molar-refractivity contribution is -0.153. The van der Waals surface area contributed by atoms with Gasteiger partial charge in [-0.2, -0.15) is 0 Å². The summed E-state index contributed by atoms with van der Waals surface area (Å²) in [4.78, 5) is 21.6. The third-order valence-electron chi connectivity index (χ3n) is 2.54. The second-order valence-corrected chi connectivity index (χ2v) is 4.36. The van der Waals surface area contributed by atoms with Gasteiger partial charge in [0.1, 0.15) is 0 Å². The second-order valence-electron chi connectivity index (χ2n) is 4.36. The van der Waals surface area contributed by atoms with E-state index < -0.39 is 23.8 Å². The van der Waals surface area contributed by atoms with Crippen molar-refractivity contribution < 1.29 is 19.8 Å². The van der Waals surface area contributed by atoms with Gasteiger partial charge in [0.25, 0.3) is 0 Å². The molecular formula is C10H14O4. The van der Waals surface area contributed by atoms with Gasteiger partial charge in [-0.1, -0.05) is 26.0 Å². The maximum absolute atomic E-state index is 10.9. The van der Waals surface area contributed by atoms with E-state index in [1.165, 1.54) is 6.08 Å². The molecule has 14 heavy (non-hydrogen) atoms. The lowest BCUT2D eigenvalue weighted by Crippen LogP contribution is -2.35. The maximum Gasteiger partial charge on any atom is 0.311 e. The molecule has 0 spiro atoms. The van der Waals surface area contributed by atoms with Crippen LogP contribution in [0.2, 0.25) is 0 Å². The minimum absolute atomic E-state index is 0.227. The number of hydrogen-bond donors (Lipinski definition) is 2. The van der Waals surface area contributed by atoms with E-state index in [1.807, 2.05) is 13.8 Å². The van der Waals surface area contributed by atoms with Crippen molar-refractivity contribution in [3.05, 3.63) is 12.2 Å². The Balaban J connectivity index is 2.96. The molecule has 0 saturated heterocycles. The van der Waals surface area contributed by atoms with E-state index in [0.717, 1.165) is 0 Å². The minimum atomic E-state index is -1.07. The topological polar surface area (TPSA) is 74.6 Å². The van der Waals surface area contributed by atoms with Gasteiger partial charge in [0, 0.05) is 0 Å². The fourth-order valence-corrected chi connectivity index (χ4v) is 1.76. The Labute approximate surface area is 82.2 Å². The molecule has 0 heterocycles. The van der Waals surface area contributed by atoms with Crippen LogP contribution < -0.4 is 0 Å². The number of aliphatic carboxylic acids is 2. The molecule has 0 saturated carbocycles. The molecule has 0 aromatic rings. The first-order valence-corrected chi connectivity index (χ1v) is 4.48. The van der Waals surface area contributed by atoms with Crippen LogP contribution in [0.4, 0.5) is 0 Å². The van der Waals surface area contributed by atoms with Crippen LogP contribution in [0.25, 0.3) is 0 Å². The molecule has 0 fully saturated rings. The third-order valence-corrected chi connectivity index (χ3v) is 2.54. The van der Waals surface area contributed by atoms with E-state index in [4.69, 9.17) is 10.2 Å². The first-order valence-electron chi connectivity index (χ1n) is 4.48. The molecule has 0 aliphatic heterocycles. The maximum atomic E-state index is 10.9. The van der Waals surface area contributed by atoms with Gasteiger partial charge in [0.05, 0.1) is 11.8 Å². The van der Waals surface area contributed by atoms with E-state index in [9.17, 15) is 9.59 Å². The summed E-state index contributed by atoms with van der Waals surface area (Å²) >= 11 is 0. The average molecular weight is 198 g/mol. The Morgan fingerprint density at radius 3 is 2.29 bits per heavy atom.